The van der Waals surface area contributed by atoms with E-state index < -0.39 is 0 Å². The van der Waals surface area contributed by atoms with Gasteiger partial charge in [0, 0.05) is 11.6 Å². The third kappa shape index (κ3) is 2.57. The molecule has 0 amide bonds. The van der Waals surface area contributed by atoms with Crippen LogP contribution in [0.25, 0.3) is 0 Å². The molecule has 3 rings (SSSR count). The van der Waals surface area contributed by atoms with Gasteiger partial charge >= 0.3 is 0 Å². The number of hydrogen-bond acceptors (Lipinski definition) is 5. The Kier molecular flexibility index (Phi) is 3.64. The molecule has 1 heterocycles. The van der Waals surface area contributed by atoms with Crippen LogP contribution >= 0.6 is 0 Å². The zero-order valence-corrected chi connectivity index (χ0v) is 12.1. The molecule has 1 aliphatic carbocycles. The summed E-state index contributed by atoms with van der Waals surface area (Å²) < 4.78 is 5.31. The highest BCUT2D eigenvalue weighted by atomic mass is 16.5. The number of pyridine rings is 1. The molecule has 1 aromatic heterocycles. The summed E-state index contributed by atoms with van der Waals surface area (Å²) in [5.74, 6) is 1.45. The van der Waals surface area contributed by atoms with E-state index in [4.69, 9.17) is 10.00 Å². The third-order valence-corrected chi connectivity index (χ3v) is 3.63. The van der Waals surface area contributed by atoms with Crippen molar-refractivity contribution in [2.45, 2.75) is 18.8 Å². The van der Waals surface area contributed by atoms with Crippen molar-refractivity contribution in [3.05, 3.63) is 47.2 Å². The van der Waals surface area contributed by atoms with Crippen molar-refractivity contribution in [3.63, 3.8) is 0 Å². The van der Waals surface area contributed by atoms with Crippen LogP contribution in [-0.4, -0.2) is 12.1 Å². The Morgan fingerprint density at radius 2 is 1.91 bits per heavy atom. The first kappa shape index (κ1) is 13.9. The number of benzene rings is 1. The lowest BCUT2D eigenvalue weighted by Crippen LogP contribution is -2.02. The van der Waals surface area contributed by atoms with Gasteiger partial charge in [-0.15, -0.1) is 0 Å². The van der Waals surface area contributed by atoms with Gasteiger partial charge in [-0.1, -0.05) is 6.07 Å². The van der Waals surface area contributed by atoms with Crippen LogP contribution in [0.2, 0.25) is 0 Å². The average molecular weight is 290 g/mol. The summed E-state index contributed by atoms with van der Waals surface area (Å²) in [6.45, 7) is 0. The summed E-state index contributed by atoms with van der Waals surface area (Å²) in [4.78, 5) is 4.56. The second-order valence-corrected chi connectivity index (χ2v) is 5.14. The largest absolute Gasteiger partial charge is 0.493 e. The fraction of sp³-hybridized carbons (Fsp3) is 0.235. The number of anilines is 2. The smallest absolute Gasteiger partial charge is 0.160 e. The molecule has 1 saturated carbocycles. The van der Waals surface area contributed by atoms with Crippen LogP contribution in [0.1, 0.15) is 35.6 Å². The van der Waals surface area contributed by atoms with Crippen LogP contribution in [0.15, 0.2) is 30.3 Å². The Morgan fingerprint density at radius 3 is 2.55 bits per heavy atom. The van der Waals surface area contributed by atoms with Crippen molar-refractivity contribution < 1.29 is 4.74 Å². The summed E-state index contributed by atoms with van der Waals surface area (Å²) in [6, 6.07) is 13.2. The molecule has 2 aromatic rings. The number of aromatic nitrogens is 1. The summed E-state index contributed by atoms with van der Waals surface area (Å²) in [5, 5.41) is 21.5. The van der Waals surface area contributed by atoms with E-state index in [1.165, 1.54) is 7.11 Å². The molecule has 1 N–H and O–H groups in total. The van der Waals surface area contributed by atoms with Gasteiger partial charge in [-0.3, -0.25) is 0 Å². The van der Waals surface area contributed by atoms with Crippen molar-refractivity contribution in [3.8, 4) is 17.9 Å². The molecule has 22 heavy (non-hydrogen) atoms. The fourth-order valence-electron chi connectivity index (χ4n) is 2.34. The number of ether oxygens (including phenoxy) is 1. The quantitative estimate of drug-likeness (QED) is 0.932. The van der Waals surface area contributed by atoms with Gasteiger partial charge in [0.1, 0.15) is 18.0 Å². The topological polar surface area (TPSA) is 81.7 Å². The van der Waals surface area contributed by atoms with E-state index in [9.17, 15) is 5.26 Å². The molecular weight excluding hydrogens is 276 g/mol. The lowest BCUT2D eigenvalue weighted by molar-refractivity contribution is 0.415. The van der Waals surface area contributed by atoms with Crippen molar-refractivity contribution >= 4 is 11.5 Å². The molecule has 0 spiro atoms. The summed E-state index contributed by atoms with van der Waals surface area (Å²) in [6.07, 6.45) is 2.29. The van der Waals surface area contributed by atoms with E-state index in [2.05, 4.69) is 22.4 Å². The highest BCUT2D eigenvalue weighted by Gasteiger charge is 2.25. The number of hydrogen-bond donors (Lipinski definition) is 1. The van der Waals surface area contributed by atoms with Gasteiger partial charge in [-0.05, 0) is 37.1 Å². The monoisotopic (exact) mass is 290 g/mol. The first-order valence-electron chi connectivity index (χ1n) is 7.02. The highest BCUT2D eigenvalue weighted by Crippen LogP contribution is 2.40. The lowest BCUT2D eigenvalue weighted by Gasteiger charge is -2.13. The Bertz CT molecular complexity index is 797. The van der Waals surface area contributed by atoms with Gasteiger partial charge in [0.05, 0.1) is 23.9 Å². The maximum Gasteiger partial charge on any atom is 0.160 e. The van der Waals surface area contributed by atoms with Crippen LogP contribution in [0.4, 0.5) is 11.5 Å². The molecule has 1 fully saturated rings. The molecule has 0 saturated heterocycles. The maximum absolute atomic E-state index is 9.26. The Balaban J connectivity index is 2.01. The van der Waals surface area contributed by atoms with Gasteiger partial charge in [0.15, 0.2) is 5.75 Å². The minimum absolute atomic E-state index is 0.435. The molecule has 0 radical (unpaired) electrons. The fourth-order valence-corrected chi connectivity index (χ4v) is 2.34. The highest BCUT2D eigenvalue weighted by molar-refractivity contribution is 5.71. The number of rotatable bonds is 4. The minimum Gasteiger partial charge on any atom is -0.493 e. The van der Waals surface area contributed by atoms with E-state index in [0.717, 1.165) is 18.5 Å². The molecule has 5 nitrogen and oxygen atoms in total. The molecule has 0 bridgehead atoms. The van der Waals surface area contributed by atoms with Crippen LogP contribution in [0.5, 0.6) is 5.75 Å². The maximum atomic E-state index is 9.26. The minimum atomic E-state index is 0.435. The first-order valence-corrected chi connectivity index (χ1v) is 7.02. The number of para-hydroxylation sites is 1. The van der Waals surface area contributed by atoms with Crippen molar-refractivity contribution in [1.82, 2.24) is 4.98 Å². The first-order chi connectivity index (χ1) is 10.8. The van der Waals surface area contributed by atoms with E-state index in [-0.39, 0.29) is 0 Å². The number of methoxy groups -OCH3 is 1. The van der Waals surface area contributed by atoms with E-state index in [0.29, 0.717) is 34.3 Å². The molecule has 1 aromatic carbocycles. The standard InChI is InChI=1S/C17H14N4O/c1-22-16-12(9-18)3-2-4-15(16)21-17-13(10-19)7-8-14(20-17)11-5-6-11/h2-4,7-8,11H,5-6H2,1H3,(H,20,21). The lowest BCUT2D eigenvalue weighted by atomic mass is 10.1. The second-order valence-electron chi connectivity index (χ2n) is 5.14. The summed E-state index contributed by atoms with van der Waals surface area (Å²) in [5.41, 5.74) is 2.52. The van der Waals surface area contributed by atoms with Gasteiger partial charge in [-0.2, -0.15) is 10.5 Å². The predicted molar refractivity (Wildman–Crippen MR) is 81.9 cm³/mol. The predicted octanol–water partition coefficient (Wildman–Crippen LogP) is 3.45. The van der Waals surface area contributed by atoms with Gasteiger partial charge < -0.3 is 10.1 Å². The van der Waals surface area contributed by atoms with Gasteiger partial charge in [0.25, 0.3) is 0 Å². The Labute approximate surface area is 128 Å². The van der Waals surface area contributed by atoms with E-state index in [1.807, 2.05) is 6.07 Å². The number of nitrogens with one attached hydrogen (secondary N) is 1. The molecule has 0 aliphatic heterocycles. The normalized spacial score (nSPS) is 13.0. The molecule has 5 heteroatoms. The number of nitrogens with zero attached hydrogens (tertiary/aromatic N) is 3. The SMILES string of the molecule is COc1c(C#N)cccc1Nc1nc(C2CC2)ccc1C#N. The Morgan fingerprint density at radius 1 is 1.14 bits per heavy atom. The zero-order valence-electron chi connectivity index (χ0n) is 12.1. The summed E-state index contributed by atoms with van der Waals surface area (Å²) in [7, 11) is 1.51. The zero-order chi connectivity index (χ0) is 15.5. The third-order valence-electron chi connectivity index (χ3n) is 3.63. The van der Waals surface area contributed by atoms with Gasteiger partial charge in [-0.25, -0.2) is 4.98 Å². The molecule has 0 unspecified atom stereocenters. The van der Waals surface area contributed by atoms with Crippen molar-refractivity contribution in [2.24, 2.45) is 0 Å². The molecule has 1 aliphatic rings. The Hall–Kier alpha value is -3.05. The van der Waals surface area contributed by atoms with Crippen LogP contribution in [-0.2, 0) is 0 Å². The molecular formula is C17H14N4O. The van der Waals surface area contributed by atoms with Crippen LogP contribution in [0, 0.1) is 22.7 Å². The van der Waals surface area contributed by atoms with E-state index >= 15 is 0 Å². The average Bonchev–Trinajstić information content (AvgIpc) is 3.39. The number of nitriles is 2. The molecule has 108 valence electrons. The van der Waals surface area contributed by atoms with Crippen molar-refractivity contribution in [2.75, 3.05) is 12.4 Å². The second kappa shape index (κ2) is 5.75. The van der Waals surface area contributed by atoms with Crippen molar-refractivity contribution in [1.29, 1.82) is 10.5 Å². The summed E-state index contributed by atoms with van der Waals surface area (Å²) >= 11 is 0. The van der Waals surface area contributed by atoms with E-state index in [1.54, 1.807) is 24.3 Å². The van der Waals surface area contributed by atoms with Crippen LogP contribution < -0.4 is 10.1 Å². The molecule has 0 atom stereocenters. The van der Waals surface area contributed by atoms with Gasteiger partial charge in [0.2, 0.25) is 0 Å². The van der Waals surface area contributed by atoms with Crippen LogP contribution in [0.3, 0.4) is 0 Å².